The molecule has 0 spiro atoms. The van der Waals surface area contributed by atoms with Crippen LogP contribution < -0.4 is 0 Å². The predicted molar refractivity (Wildman–Crippen MR) is 120 cm³/mol. The first-order valence-corrected chi connectivity index (χ1v) is 12.9. The highest BCUT2D eigenvalue weighted by Gasteiger charge is 2.64. The van der Waals surface area contributed by atoms with Crippen LogP contribution in [0.2, 0.25) is 0 Å². The van der Waals surface area contributed by atoms with Crippen molar-refractivity contribution in [3.63, 3.8) is 0 Å². The molecule has 2 N–H and O–H groups in total. The Hall–Kier alpha value is -0.540. The van der Waals surface area contributed by atoms with E-state index in [-0.39, 0.29) is 12.7 Å². The lowest BCUT2D eigenvalue weighted by molar-refractivity contribution is -0.124. The van der Waals surface area contributed by atoms with E-state index in [1.807, 2.05) is 0 Å². The lowest BCUT2D eigenvalue weighted by Crippen LogP contribution is -2.54. The molecule has 4 saturated carbocycles. The Morgan fingerprint density at radius 2 is 1.80 bits per heavy atom. The van der Waals surface area contributed by atoms with Crippen molar-refractivity contribution in [3.05, 3.63) is 11.3 Å². The average molecular weight is 417 g/mol. The molecule has 30 heavy (non-hydrogen) atoms. The largest absolute Gasteiger partial charge is 0.494 e. The molecular weight excluding hydrogens is 372 g/mol. The van der Waals surface area contributed by atoms with Crippen LogP contribution in [-0.2, 0) is 4.74 Å². The van der Waals surface area contributed by atoms with Crippen molar-refractivity contribution in [3.8, 4) is 0 Å². The molecule has 5 aliphatic rings. The maximum Gasteiger partial charge on any atom is 0.106 e. The van der Waals surface area contributed by atoms with Gasteiger partial charge in [-0.05, 0) is 111 Å². The standard InChI is InChI=1S/C27H44O3/c1-16(15-28)5-8-23-17(2)25-24(30-23)14-22-20-7-6-18-13-19(29)9-11-26(18,3)21(20)10-12-27(22,25)4/h16,18-22,24-25,28-29H,5-15H2,1-4H3/t16-,18+,19+,20?,21?,22?,24+,25?,26+,27+/m1/s1. The summed E-state index contributed by atoms with van der Waals surface area (Å²) in [5.41, 5.74) is 2.39. The fourth-order valence-electron chi connectivity index (χ4n) is 9.29. The molecule has 0 amide bonds. The number of ether oxygens (including phenoxy) is 1. The molecule has 0 bridgehead atoms. The zero-order valence-corrected chi connectivity index (χ0v) is 19.7. The quantitative estimate of drug-likeness (QED) is 0.618. The first-order chi connectivity index (χ1) is 14.3. The minimum atomic E-state index is -0.0486. The van der Waals surface area contributed by atoms with Gasteiger partial charge in [0.25, 0.3) is 0 Å². The van der Waals surface area contributed by atoms with Crippen LogP contribution in [0.3, 0.4) is 0 Å². The minimum Gasteiger partial charge on any atom is -0.494 e. The van der Waals surface area contributed by atoms with Crippen LogP contribution in [0.25, 0.3) is 0 Å². The number of hydrogen-bond donors (Lipinski definition) is 2. The monoisotopic (exact) mass is 416 g/mol. The molecule has 170 valence electrons. The molecular formula is C27H44O3. The summed E-state index contributed by atoms with van der Waals surface area (Å²) >= 11 is 0. The van der Waals surface area contributed by atoms with E-state index >= 15 is 0 Å². The van der Waals surface area contributed by atoms with Gasteiger partial charge in [0.15, 0.2) is 0 Å². The van der Waals surface area contributed by atoms with E-state index in [9.17, 15) is 10.2 Å². The van der Waals surface area contributed by atoms with Crippen molar-refractivity contribution >= 4 is 0 Å². The number of rotatable bonds is 4. The summed E-state index contributed by atoms with van der Waals surface area (Å²) in [5.74, 6) is 5.49. The highest BCUT2D eigenvalue weighted by atomic mass is 16.5. The third kappa shape index (κ3) is 3.04. The lowest BCUT2D eigenvalue weighted by Gasteiger charge is -2.60. The van der Waals surface area contributed by atoms with Crippen molar-refractivity contribution in [1.82, 2.24) is 0 Å². The second-order valence-electron chi connectivity index (χ2n) is 12.4. The topological polar surface area (TPSA) is 49.7 Å². The van der Waals surface area contributed by atoms with Gasteiger partial charge in [-0.1, -0.05) is 20.8 Å². The van der Waals surface area contributed by atoms with Crippen molar-refractivity contribution in [2.45, 2.75) is 104 Å². The number of fused-ring (bicyclic) bond motifs is 7. The van der Waals surface area contributed by atoms with E-state index < -0.39 is 0 Å². The van der Waals surface area contributed by atoms with Gasteiger partial charge >= 0.3 is 0 Å². The van der Waals surface area contributed by atoms with E-state index in [2.05, 4.69) is 27.7 Å². The second kappa shape index (κ2) is 7.51. The van der Waals surface area contributed by atoms with Crippen LogP contribution in [0.5, 0.6) is 0 Å². The summed E-state index contributed by atoms with van der Waals surface area (Å²) in [6, 6.07) is 0. The van der Waals surface area contributed by atoms with Gasteiger partial charge in [-0.25, -0.2) is 0 Å². The fraction of sp³-hybridized carbons (Fsp3) is 0.926. The molecule has 0 aromatic heterocycles. The lowest BCUT2D eigenvalue weighted by atomic mass is 9.44. The number of allylic oxidation sites excluding steroid dienone is 1. The Bertz CT molecular complexity index is 700. The van der Waals surface area contributed by atoms with Crippen molar-refractivity contribution < 1.29 is 14.9 Å². The summed E-state index contributed by atoms with van der Waals surface area (Å²) in [4.78, 5) is 0. The van der Waals surface area contributed by atoms with Crippen LogP contribution in [0.1, 0.15) is 91.9 Å². The maximum absolute atomic E-state index is 10.3. The Balaban J connectivity index is 1.36. The molecule has 0 aromatic rings. The summed E-state index contributed by atoms with van der Waals surface area (Å²) < 4.78 is 6.64. The Labute approximate surface area is 183 Å². The van der Waals surface area contributed by atoms with E-state index in [0.29, 0.717) is 28.8 Å². The van der Waals surface area contributed by atoms with Crippen molar-refractivity contribution in [1.29, 1.82) is 0 Å². The summed E-state index contributed by atoms with van der Waals surface area (Å²) in [6.45, 7) is 9.94. The molecule has 10 atom stereocenters. The number of aliphatic hydroxyl groups excluding tert-OH is 2. The SMILES string of the molecule is CC1=C(CC[C@@H](C)CO)O[C@H]2CC3C4CC[C@H]5C[C@@H](O)CC[C@]5(C)C4CC[C@]3(C)C12. The van der Waals surface area contributed by atoms with Gasteiger partial charge in [-0.2, -0.15) is 0 Å². The molecule has 0 saturated heterocycles. The van der Waals surface area contributed by atoms with E-state index in [1.54, 1.807) is 0 Å². The Morgan fingerprint density at radius 3 is 2.57 bits per heavy atom. The van der Waals surface area contributed by atoms with Gasteiger partial charge in [-0.15, -0.1) is 0 Å². The molecule has 3 nitrogen and oxygen atoms in total. The Morgan fingerprint density at radius 1 is 1.03 bits per heavy atom. The average Bonchev–Trinajstić information content (AvgIpc) is 3.20. The van der Waals surface area contributed by atoms with Crippen LogP contribution >= 0.6 is 0 Å². The molecule has 3 heteroatoms. The normalized spacial score (nSPS) is 50.9. The van der Waals surface area contributed by atoms with Gasteiger partial charge in [-0.3, -0.25) is 0 Å². The van der Waals surface area contributed by atoms with E-state index in [0.717, 1.165) is 49.4 Å². The van der Waals surface area contributed by atoms with Gasteiger partial charge in [0.1, 0.15) is 6.10 Å². The summed E-state index contributed by atoms with van der Waals surface area (Å²) in [6.07, 6.45) is 12.4. The highest BCUT2D eigenvalue weighted by Crippen LogP contribution is 2.69. The van der Waals surface area contributed by atoms with E-state index in [4.69, 9.17) is 4.74 Å². The second-order valence-corrected chi connectivity index (χ2v) is 12.4. The van der Waals surface area contributed by atoms with Gasteiger partial charge in [0.2, 0.25) is 0 Å². The zero-order chi connectivity index (χ0) is 21.3. The molecule has 0 aromatic carbocycles. The molecule has 4 aliphatic carbocycles. The number of hydrogen-bond acceptors (Lipinski definition) is 3. The van der Waals surface area contributed by atoms with Crippen molar-refractivity contribution in [2.24, 2.45) is 46.3 Å². The molecule has 4 fully saturated rings. The predicted octanol–water partition coefficient (Wildman–Crippen LogP) is 5.70. The fourth-order valence-corrected chi connectivity index (χ4v) is 9.29. The van der Waals surface area contributed by atoms with Crippen molar-refractivity contribution in [2.75, 3.05) is 6.61 Å². The third-order valence-corrected chi connectivity index (χ3v) is 11.0. The molecule has 1 heterocycles. The Kier molecular flexibility index (Phi) is 5.33. The molecule has 1 aliphatic heterocycles. The van der Waals surface area contributed by atoms with Gasteiger partial charge in [0, 0.05) is 18.9 Å². The first kappa shape index (κ1) is 21.3. The molecule has 0 radical (unpaired) electrons. The summed E-state index contributed by atoms with van der Waals surface area (Å²) in [7, 11) is 0. The smallest absolute Gasteiger partial charge is 0.106 e. The molecule has 4 unspecified atom stereocenters. The summed E-state index contributed by atoms with van der Waals surface area (Å²) in [5, 5.41) is 19.7. The zero-order valence-electron chi connectivity index (χ0n) is 19.7. The van der Waals surface area contributed by atoms with Crippen LogP contribution in [-0.4, -0.2) is 29.0 Å². The maximum atomic E-state index is 10.3. The van der Waals surface area contributed by atoms with Crippen LogP contribution in [0, 0.1) is 46.3 Å². The van der Waals surface area contributed by atoms with E-state index in [1.165, 1.54) is 49.9 Å². The van der Waals surface area contributed by atoms with Crippen LogP contribution in [0.15, 0.2) is 11.3 Å². The third-order valence-electron chi connectivity index (χ3n) is 11.0. The first-order valence-electron chi connectivity index (χ1n) is 12.9. The van der Waals surface area contributed by atoms with Gasteiger partial charge in [0.05, 0.1) is 11.9 Å². The van der Waals surface area contributed by atoms with Crippen LogP contribution in [0.4, 0.5) is 0 Å². The minimum absolute atomic E-state index is 0.0486. The number of aliphatic hydroxyl groups is 2. The van der Waals surface area contributed by atoms with Gasteiger partial charge < -0.3 is 14.9 Å². The molecule has 5 rings (SSSR count). The highest BCUT2D eigenvalue weighted by molar-refractivity contribution is 5.26.